The summed E-state index contributed by atoms with van der Waals surface area (Å²) in [5, 5.41) is 9.28. The number of nitrogens with one attached hydrogen (secondary N) is 1. The molecule has 2 N–H and O–H groups in total. The number of alkyl halides is 3. The molecule has 1 fully saturated rings. The standard InChI is InChI=1S/C23H29F3N4O5S/c1-28(2)18-12-13-29(14-18)21(22(31)27-32)15-30(36(3,33)34)17-6-10-20(11-7-17)35-19-8-4-16(5-9-19)23(24,25)26/h4-11,18,21,32H,12-15H2,1-3H3,(H,27,31)/t18-,21+/m1/s1. The molecule has 0 unspecified atom stereocenters. The quantitative estimate of drug-likeness (QED) is 0.380. The Kier molecular flexibility index (Phi) is 8.49. The van der Waals surface area contributed by atoms with Crippen LogP contribution in [0.4, 0.5) is 18.9 Å². The molecular formula is C23H29F3N4O5S. The highest BCUT2D eigenvalue weighted by molar-refractivity contribution is 7.92. The van der Waals surface area contributed by atoms with Crippen LogP contribution in [-0.4, -0.2) is 81.4 Å². The zero-order valence-electron chi connectivity index (χ0n) is 20.1. The maximum absolute atomic E-state index is 12.7. The number of sulfonamides is 1. The van der Waals surface area contributed by atoms with Gasteiger partial charge in [0.2, 0.25) is 10.0 Å². The van der Waals surface area contributed by atoms with Crippen molar-refractivity contribution in [2.45, 2.75) is 24.7 Å². The summed E-state index contributed by atoms with van der Waals surface area (Å²) in [4.78, 5) is 16.3. The number of anilines is 1. The highest BCUT2D eigenvalue weighted by Crippen LogP contribution is 2.32. The third kappa shape index (κ3) is 6.87. The lowest BCUT2D eigenvalue weighted by molar-refractivity contribution is -0.137. The summed E-state index contributed by atoms with van der Waals surface area (Å²) in [6.45, 7) is 0.853. The maximum Gasteiger partial charge on any atom is 0.416 e. The van der Waals surface area contributed by atoms with E-state index in [1.54, 1.807) is 5.48 Å². The van der Waals surface area contributed by atoms with Gasteiger partial charge in [-0.3, -0.25) is 19.2 Å². The number of hydrogen-bond donors (Lipinski definition) is 2. The number of likely N-dealkylation sites (N-methyl/N-ethyl adjacent to an activating group) is 1. The van der Waals surface area contributed by atoms with Crippen LogP contribution in [0.2, 0.25) is 0 Å². The molecule has 0 aliphatic carbocycles. The Morgan fingerprint density at radius 2 is 1.69 bits per heavy atom. The maximum atomic E-state index is 12.7. The molecule has 0 spiro atoms. The molecule has 2 aromatic rings. The molecule has 0 aromatic heterocycles. The van der Waals surface area contributed by atoms with Crippen molar-refractivity contribution in [1.82, 2.24) is 15.3 Å². The Morgan fingerprint density at radius 3 is 2.14 bits per heavy atom. The average Bonchev–Trinajstić information content (AvgIpc) is 3.29. The zero-order chi connectivity index (χ0) is 26.7. The second-order valence-electron chi connectivity index (χ2n) is 8.81. The van der Waals surface area contributed by atoms with Crippen LogP contribution < -0.4 is 14.5 Å². The Balaban J connectivity index is 1.78. The lowest BCUT2D eigenvalue weighted by atomic mass is 10.2. The van der Waals surface area contributed by atoms with E-state index in [-0.39, 0.29) is 29.8 Å². The predicted octanol–water partition coefficient (Wildman–Crippen LogP) is 2.77. The van der Waals surface area contributed by atoms with E-state index in [0.29, 0.717) is 13.1 Å². The molecular weight excluding hydrogens is 501 g/mol. The minimum absolute atomic E-state index is 0.180. The Hall–Kier alpha value is -2.87. The number of halogens is 3. The Morgan fingerprint density at radius 1 is 1.14 bits per heavy atom. The van der Waals surface area contributed by atoms with Crippen molar-refractivity contribution in [3.05, 3.63) is 54.1 Å². The van der Waals surface area contributed by atoms with Crippen molar-refractivity contribution in [3.63, 3.8) is 0 Å². The number of carbonyl (C=O) groups excluding carboxylic acids is 1. The van der Waals surface area contributed by atoms with Gasteiger partial charge in [0.05, 0.1) is 24.1 Å². The summed E-state index contributed by atoms with van der Waals surface area (Å²) < 4.78 is 70.1. The molecule has 2 aromatic carbocycles. The summed E-state index contributed by atoms with van der Waals surface area (Å²) in [6, 6.07) is 9.34. The fourth-order valence-electron chi connectivity index (χ4n) is 4.03. The van der Waals surface area contributed by atoms with Gasteiger partial charge in [-0.15, -0.1) is 0 Å². The van der Waals surface area contributed by atoms with Crippen LogP contribution in [0.3, 0.4) is 0 Å². The molecule has 13 heteroatoms. The van der Waals surface area contributed by atoms with Gasteiger partial charge < -0.3 is 9.64 Å². The van der Waals surface area contributed by atoms with E-state index >= 15 is 0 Å². The fraction of sp³-hybridized carbons (Fsp3) is 0.435. The second-order valence-corrected chi connectivity index (χ2v) is 10.7. The first-order valence-corrected chi connectivity index (χ1v) is 12.9. The summed E-state index contributed by atoms with van der Waals surface area (Å²) in [7, 11) is 0.0286. The van der Waals surface area contributed by atoms with Crippen LogP contribution in [0.25, 0.3) is 0 Å². The van der Waals surface area contributed by atoms with Gasteiger partial charge in [-0.1, -0.05) is 0 Å². The molecule has 1 aliphatic heterocycles. The molecule has 36 heavy (non-hydrogen) atoms. The summed E-state index contributed by atoms with van der Waals surface area (Å²) in [6.07, 6.45) is -2.65. The van der Waals surface area contributed by atoms with Gasteiger partial charge in [0.15, 0.2) is 0 Å². The number of likely N-dealkylation sites (tertiary alicyclic amines) is 1. The minimum Gasteiger partial charge on any atom is -0.457 e. The first-order chi connectivity index (χ1) is 16.8. The van der Waals surface area contributed by atoms with Crippen molar-refractivity contribution >= 4 is 21.6 Å². The van der Waals surface area contributed by atoms with Gasteiger partial charge in [0, 0.05) is 19.1 Å². The molecule has 0 bridgehead atoms. The summed E-state index contributed by atoms with van der Waals surface area (Å²) >= 11 is 0. The minimum atomic E-state index is -4.46. The number of amides is 1. The number of carbonyl (C=O) groups is 1. The van der Waals surface area contributed by atoms with Gasteiger partial charge in [0.25, 0.3) is 5.91 Å². The highest BCUT2D eigenvalue weighted by Gasteiger charge is 2.36. The molecule has 0 saturated carbocycles. The largest absolute Gasteiger partial charge is 0.457 e. The van der Waals surface area contributed by atoms with Gasteiger partial charge in [0.1, 0.15) is 17.5 Å². The first-order valence-electron chi connectivity index (χ1n) is 11.1. The van der Waals surface area contributed by atoms with E-state index in [1.807, 2.05) is 23.9 Å². The third-order valence-corrected chi connectivity index (χ3v) is 7.22. The van der Waals surface area contributed by atoms with Gasteiger partial charge in [-0.05, 0) is 69.0 Å². The van der Waals surface area contributed by atoms with Crippen molar-refractivity contribution in [2.75, 3.05) is 44.3 Å². The summed E-state index contributed by atoms with van der Waals surface area (Å²) in [5.74, 6) is -0.254. The molecule has 2 atom stereocenters. The van der Waals surface area contributed by atoms with E-state index in [9.17, 15) is 31.6 Å². The van der Waals surface area contributed by atoms with Crippen LogP contribution >= 0.6 is 0 Å². The van der Waals surface area contributed by atoms with Crippen LogP contribution in [0, 0.1) is 0 Å². The molecule has 3 rings (SSSR count). The number of ether oxygens (including phenoxy) is 1. The third-order valence-electron chi connectivity index (χ3n) is 6.06. The lowest BCUT2D eigenvalue weighted by Crippen LogP contribution is -2.53. The summed E-state index contributed by atoms with van der Waals surface area (Å²) in [5.41, 5.74) is 1.10. The molecule has 9 nitrogen and oxygen atoms in total. The molecule has 0 radical (unpaired) electrons. The van der Waals surface area contributed by atoms with E-state index in [4.69, 9.17) is 4.74 Å². The van der Waals surface area contributed by atoms with E-state index < -0.39 is 33.7 Å². The zero-order valence-corrected chi connectivity index (χ0v) is 20.9. The van der Waals surface area contributed by atoms with E-state index in [1.165, 1.54) is 36.4 Å². The Bertz CT molecular complexity index is 1140. The van der Waals surface area contributed by atoms with Gasteiger partial charge >= 0.3 is 6.18 Å². The smallest absolute Gasteiger partial charge is 0.416 e. The lowest BCUT2D eigenvalue weighted by Gasteiger charge is -2.32. The number of hydroxylamine groups is 1. The normalized spacial score (nSPS) is 17.7. The molecule has 1 saturated heterocycles. The van der Waals surface area contributed by atoms with Crippen LogP contribution in [0.1, 0.15) is 12.0 Å². The van der Waals surface area contributed by atoms with E-state index in [2.05, 4.69) is 0 Å². The second kappa shape index (κ2) is 11.0. The van der Waals surface area contributed by atoms with Gasteiger partial charge in [-0.2, -0.15) is 13.2 Å². The first kappa shape index (κ1) is 27.7. The van der Waals surface area contributed by atoms with Crippen LogP contribution in [0.15, 0.2) is 48.5 Å². The topological polar surface area (TPSA) is 102 Å². The number of hydrogen-bond acceptors (Lipinski definition) is 7. The van der Waals surface area contributed by atoms with Crippen molar-refractivity contribution in [1.29, 1.82) is 0 Å². The van der Waals surface area contributed by atoms with Crippen LogP contribution in [0.5, 0.6) is 11.5 Å². The predicted molar refractivity (Wildman–Crippen MR) is 128 cm³/mol. The monoisotopic (exact) mass is 530 g/mol. The number of benzene rings is 2. The highest BCUT2D eigenvalue weighted by atomic mass is 32.2. The SMILES string of the molecule is CN(C)[C@@H]1CCN([C@@H](CN(c2ccc(Oc3ccc(C(F)(F)F)cc3)cc2)S(C)(=O)=O)C(=O)NO)C1. The number of nitrogens with zero attached hydrogens (tertiary/aromatic N) is 3. The van der Waals surface area contributed by atoms with Crippen molar-refractivity contribution < 1.29 is 36.3 Å². The number of rotatable bonds is 9. The van der Waals surface area contributed by atoms with E-state index in [0.717, 1.165) is 29.1 Å². The molecule has 1 amide bonds. The molecule has 1 aliphatic rings. The van der Waals surface area contributed by atoms with Crippen molar-refractivity contribution in [2.24, 2.45) is 0 Å². The Labute approximate surface area is 208 Å². The van der Waals surface area contributed by atoms with Crippen molar-refractivity contribution in [3.8, 4) is 11.5 Å². The van der Waals surface area contributed by atoms with Gasteiger partial charge in [-0.25, -0.2) is 13.9 Å². The fourth-order valence-corrected chi connectivity index (χ4v) is 4.95. The molecule has 1 heterocycles. The van der Waals surface area contributed by atoms with Crippen LogP contribution in [-0.2, 0) is 21.0 Å². The molecule has 198 valence electrons. The average molecular weight is 531 g/mol.